The van der Waals surface area contributed by atoms with Crippen molar-refractivity contribution in [2.75, 3.05) is 13.1 Å². The number of hydrogen-bond acceptors (Lipinski definition) is 2. The molecule has 0 radical (unpaired) electrons. The molecule has 13 heavy (non-hydrogen) atoms. The first-order valence-corrected chi connectivity index (χ1v) is 4.75. The molecule has 1 N–H and O–H groups in total. The van der Waals surface area contributed by atoms with Crippen LogP contribution < -0.4 is 0 Å². The summed E-state index contributed by atoms with van der Waals surface area (Å²) in [7, 11) is 0. The van der Waals surface area contributed by atoms with Crippen LogP contribution in [0.2, 0.25) is 0 Å². The fourth-order valence-electron chi connectivity index (χ4n) is 1.17. The van der Waals surface area contributed by atoms with E-state index >= 15 is 0 Å². The third-order valence-electron chi connectivity index (χ3n) is 2.22. The van der Waals surface area contributed by atoms with Crippen molar-refractivity contribution in [3.05, 3.63) is 12.2 Å². The topological polar surface area (TPSA) is 40.5 Å². The van der Waals surface area contributed by atoms with Gasteiger partial charge in [-0.25, -0.2) is 4.79 Å². The number of carbonyl (C=O) groups is 1. The zero-order valence-electron chi connectivity index (χ0n) is 8.66. The summed E-state index contributed by atoms with van der Waals surface area (Å²) < 4.78 is 0. The van der Waals surface area contributed by atoms with Crippen molar-refractivity contribution in [1.82, 2.24) is 4.90 Å². The van der Waals surface area contributed by atoms with Gasteiger partial charge in [0.05, 0.1) is 0 Å². The van der Waals surface area contributed by atoms with Gasteiger partial charge in [-0.15, -0.1) is 0 Å². The molecule has 3 nitrogen and oxygen atoms in total. The lowest BCUT2D eigenvalue weighted by molar-refractivity contribution is -0.131. The zero-order valence-corrected chi connectivity index (χ0v) is 8.66. The van der Waals surface area contributed by atoms with Crippen LogP contribution >= 0.6 is 0 Å². The molecule has 0 aromatic rings. The van der Waals surface area contributed by atoms with E-state index in [1.807, 2.05) is 0 Å². The largest absolute Gasteiger partial charge is 0.478 e. The van der Waals surface area contributed by atoms with Crippen molar-refractivity contribution >= 4 is 5.97 Å². The zero-order chi connectivity index (χ0) is 10.3. The maximum absolute atomic E-state index is 10.2. The Morgan fingerprint density at radius 3 is 2.54 bits per heavy atom. The minimum absolute atomic E-state index is 0.517. The van der Waals surface area contributed by atoms with Gasteiger partial charge in [0.25, 0.3) is 0 Å². The Hall–Kier alpha value is -0.830. The van der Waals surface area contributed by atoms with Gasteiger partial charge in [0.2, 0.25) is 0 Å². The van der Waals surface area contributed by atoms with Gasteiger partial charge in [-0.1, -0.05) is 19.9 Å². The molecule has 0 aliphatic heterocycles. The Morgan fingerprint density at radius 2 is 2.15 bits per heavy atom. The Bertz CT molecular complexity index is 178. The van der Waals surface area contributed by atoms with E-state index in [4.69, 9.17) is 5.11 Å². The second-order valence-corrected chi connectivity index (χ2v) is 3.09. The third kappa shape index (κ3) is 5.42. The van der Waals surface area contributed by atoms with Crippen LogP contribution in [0.1, 0.15) is 27.2 Å². The molecule has 1 unspecified atom stereocenters. The van der Waals surface area contributed by atoms with Crippen molar-refractivity contribution in [2.24, 2.45) is 0 Å². The Labute approximate surface area is 80.0 Å². The number of carboxylic acid groups (broad SMARTS) is 1. The molecular formula is C10H19NO2. The molecule has 0 heterocycles. The number of nitrogens with zero attached hydrogens (tertiary/aromatic N) is 1. The maximum Gasteiger partial charge on any atom is 0.328 e. The predicted molar refractivity (Wildman–Crippen MR) is 53.8 cm³/mol. The molecule has 0 aliphatic rings. The molecule has 76 valence electrons. The van der Waals surface area contributed by atoms with E-state index in [9.17, 15) is 4.79 Å². The quantitative estimate of drug-likeness (QED) is 0.641. The second-order valence-electron chi connectivity index (χ2n) is 3.09. The number of hydrogen-bond donors (Lipinski definition) is 1. The van der Waals surface area contributed by atoms with Gasteiger partial charge in [0.1, 0.15) is 0 Å². The van der Waals surface area contributed by atoms with E-state index in [1.54, 1.807) is 6.08 Å². The molecule has 0 fully saturated rings. The monoisotopic (exact) mass is 185 g/mol. The van der Waals surface area contributed by atoms with Crippen LogP contribution in [0.3, 0.4) is 0 Å². The van der Waals surface area contributed by atoms with Crippen LogP contribution in [0.25, 0.3) is 0 Å². The van der Waals surface area contributed by atoms with Gasteiger partial charge in [0.15, 0.2) is 0 Å². The molecule has 0 amide bonds. The SMILES string of the molecule is CCC(C)N(CC)C/C=C/C(=O)O. The maximum atomic E-state index is 10.2. The van der Waals surface area contributed by atoms with Crippen LogP contribution in [0.15, 0.2) is 12.2 Å². The van der Waals surface area contributed by atoms with Crippen LogP contribution in [0.4, 0.5) is 0 Å². The molecule has 0 aromatic carbocycles. The molecule has 3 heteroatoms. The lowest BCUT2D eigenvalue weighted by Crippen LogP contribution is -2.32. The standard InChI is InChI=1S/C10H19NO2/c1-4-9(3)11(5-2)8-6-7-10(12)13/h6-7,9H,4-5,8H2,1-3H3,(H,12,13)/b7-6+. The first-order valence-electron chi connectivity index (χ1n) is 4.75. The van der Waals surface area contributed by atoms with Crippen LogP contribution in [0, 0.1) is 0 Å². The molecule has 0 saturated heterocycles. The molecule has 1 atom stereocenters. The van der Waals surface area contributed by atoms with Gasteiger partial charge < -0.3 is 5.11 Å². The first-order chi connectivity index (χ1) is 6.11. The highest BCUT2D eigenvalue weighted by atomic mass is 16.4. The average molecular weight is 185 g/mol. The summed E-state index contributed by atoms with van der Waals surface area (Å²) in [5.74, 6) is -0.875. The van der Waals surface area contributed by atoms with Gasteiger partial charge >= 0.3 is 5.97 Å². The van der Waals surface area contributed by atoms with Crippen molar-refractivity contribution in [1.29, 1.82) is 0 Å². The molecule has 0 bridgehead atoms. The van der Waals surface area contributed by atoms with E-state index in [0.717, 1.165) is 19.5 Å². The van der Waals surface area contributed by atoms with Gasteiger partial charge in [-0.3, -0.25) is 4.90 Å². The van der Waals surface area contributed by atoms with E-state index < -0.39 is 5.97 Å². The van der Waals surface area contributed by atoms with Crippen LogP contribution in [-0.2, 0) is 4.79 Å². The molecule has 0 saturated carbocycles. The molecular weight excluding hydrogens is 166 g/mol. The summed E-state index contributed by atoms with van der Waals surface area (Å²) in [4.78, 5) is 12.4. The lowest BCUT2D eigenvalue weighted by atomic mass is 10.2. The van der Waals surface area contributed by atoms with E-state index in [-0.39, 0.29) is 0 Å². The normalized spacial score (nSPS) is 13.8. The van der Waals surface area contributed by atoms with Gasteiger partial charge in [-0.2, -0.15) is 0 Å². The van der Waals surface area contributed by atoms with Gasteiger partial charge in [-0.05, 0) is 19.9 Å². The summed E-state index contributed by atoms with van der Waals surface area (Å²) in [5, 5.41) is 8.39. The highest BCUT2D eigenvalue weighted by Gasteiger charge is 2.07. The van der Waals surface area contributed by atoms with E-state index in [1.165, 1.54) is 6.08 Å². The van der Waals surface area contributed by atoms with Crippen molar-refractivity contribution < 1.29 is 9.90 Å². The third-order valence-corrected chi connectivity index (χ3v) is 2.22. The van der Waals surface area contributed by atoms with Crippen molar-refractivity contribution in [3.8, 4) is 0 Å². The van der Waals surface area contributed by atoms with Crippen LogP contribution in [-0.4, -0.2) is 35.1 Å². The minimum Gasteiger partial charge on any atom is -0.478 e. The Kier molecular flexibility index (Phi) is 6.24. The molecule has 0 aromatic heterocycles. The number of likely N-dealkylation sites (N-methyl/N-ethyl adjacent to an activating group) is 1. The summed E-state index contributed by atoms with van der Waals surface area (Å²) in [6, 6.07) is 0.517. The number of rotatable bonds is 6. The fraction of sp³-hybridized carbons (Fsp3) is 0.700. The highest BCUT2D eigenvalue weighted by Crippen LogP contribution is 2.02. The Balaban J connectivity index is 3.91. The van der Waals surface area contributed by atoms with E-state index in [2.05, 4.69) is 25.7 Å². The van der Waals surface area contributed by atoms with Crippen molar-refractivity contribution in [2.45, 2.75) is 33.2 Å². The molecule has 0 rings (SSSR count). The lowest BCUT2D eigenvalue weighted by Gasteiger charge is -2.25. The predicted octanol–water partition coefficient (Wildman–Crippen LogP) is 1.75. The van der Waals surface area contributed by atoms with Crippen molar-refractivity contribution in [3.63, 3.8) is 0 Å². The fourth-order valence-corrected chi connectivity index (χ4v) is 1.17. The summed E-state index contributed by atoms with van der Waals surface area (Å²) in [5.41, 5.74) is 0. The van der Waals surface area contributed by atoms with Crippen LogP contribution in [0.5, 0.6) is 0 Å². The Morgan fingerprint density at radius 1 is 1.54 bits per heavy atom. The molecule has 0 spiro atoms. The number of carboxylic acids is 1. The summed E-state index contributed by atoms with van der Waals surface area (Å²) in [6.07, 6.45) is 3.98. The number of aliphatic carboxylic acids is 1. The highest BCUT2D eigenvalue weighted by molar-refractivity contribution is 5.79. The minimum atomic E-state index is -0.875. The first kappa shape index (κ1) is 12.2. The smallest absolute Gasteiger partial charge is 0.328 e. The second kappa shape index (κ2) is 6.66. The van der Waals surface area contributed by atoms with E-state index in [0.29, 0.717) is 6.04 Å². The van der Waals surface area contributed by atoms with Gasteiger partial charge in [0, 0.05) is 18.7 Å². The summed E-state index contributed by atoms with van der Waals surface area (Å²) in [6.45, 7) is 8.05. The molecule has 0 aliphatic carbocycles. The average Bonchev–Trinajstić information content (AvgIpc) is 2.11. The summed E-state index contributed by atoms with van der Waals surface area (Å²) >= 11 is 0.